The van der Waals surface area contributed by atoms with E-state index < -0.39 is 0 Å². The van der Waals surface area contributed by atoms with Gasteiger partial charge in [0.2, 0.25) is 11.0 Å². The SMILES string of the molecule is CC1(C)CC(=O)C2=C(C1)N(c1nnc(SCc3ccccc3Cl)s1)C(=O)C[C@H]2c1ccccc1. The Bertz CT molecular complexity index is 1290. The van der Waals surface area contributed by atoms with Crippen molar-refractivity contribution in [3.8, 4) is 0 Å². The molecule has 0 spiro atoms. The van der Waals surface area contributed by atoms with Crippen LogP contribution >= 0.6 is 34.7 Å². The van der Waals surface area contributed by atoms with Gasteiger partial charge in [-0.25, -0.2) is 0 Å². The Hall–Kier alpha value is -2.48. The Balaban J connectivity index is 1.49. The summed E-state index contributed by atoms with van der Waals surface area (Å²) in [5.41, 5.74) is 3.34. The molecule has 34 heavy (non-hydrogen) atoms. The van der Waals surface area contributed by atoms with E-state index in [0.29, 0.717) is 23.7 Å². The van der Waals surface area contributed by atoms with Gasteiger partial charge in [0.1, 0.15) is 0 Å². The van der Waals surface area contributed by atoms with Crippen molar-refractivity contribution in [1.82, 2.24) is 10.2 Å². The number of carbonyl (C=O) groups excluding carboxylic acids is 2. The molecule has 1 aliphatic heterocycles. The van der Waals surface area contributed by atoms with Gasteiger partial charge in [-0.15, -0.1) is 10.2 Å². The summed E-state index contributed by atoms with van der Waals surface area (Å²) < 4.78 is 0.761. The largest absolute Gasteiger partial charge is 0.294 e. The molecular formula is C26H24ClN3O2S2. The highest BCUT2D eigenvalue weighted by Gasteiger charge is 2.45. The zero-order valence-corrected chi connectivity index (χ0v) is 21.3. The smallest absolute Gasteiger partial charge is 0.234 e. The van der Waals surface area contributed by atoms with Gasteiger partial charge >= 0.3 is 0 Å². The maximum atomic E-state index is 13.5. The first-order valence-corrected chi connectivity index (χ1v) is 13.3. The first kappa shape index (κ1) is 23.3. The minimum atomic E-state index is -0.223. The number of amides is 1. The number of anilines is 1. The van der Waals surface area contributed by atoms with Gasteiger partial charge in [0.15, 0.2) is 10.1 Å². The van der Waals surface area contributed by atoms with Gasteiger partial charge in [-0.3, -0.25) is 14.5 Å². The van der Waals surface area contributed by atoms with Crippen LogP contribution in [0.5, 0.6) is 0 Å². The van der Waals surface area contributed by atoms with Crippen molar-refractivity contribution in [1.29, 1.82) is 0 Å². The molecule has 5 nitrogen and oxygen atoms in total. The number of hydrogen-bond donors (Lipinski definition) is 0. The molecule has 0 radical (unpaired) electrons. The van der Waals surface area contributed by atoms with Gasteiger partial charge < -0.3 is 0 Å². The molecule has 2 aromatic carbocycles. The monoisotopic (exact) mass is 509 g/mol. The van der Waals surface area contributed by atoms with Crippen LogP contribution in [0, 0.1) is 5.41 Å². The number of rotatable bonds is 5. The average Bonchev–Trinajstić information content (AvgIpc) is 3.26. The molecule has 1 atom stereocenters. The normalized spacial score (nSPS) is 20.0. The number of hydrogen-bond acceptors (Lipinski definition) is 6. The van der Waals surface area contributed by atoms with Crippen LogP contribution < -0.4 is 4.90 Å². The number of allylic oxidation sites excluding steroid dienone is 2. The van der Waals surface area contributed by atoms with Crippen LogP contribution in [0.15, 0.2) is 70.2 Å². The summed E-state index contributed by atoms with van der Waals surface area (Å²) in [5.74, 6) is 0.524. The van der Waals surface area contributed by atoms with Gasteiger partial charge in [0.25, 0.3) is 0 Å². The Morgan fingerprint density at radius 3 is 2.56 bits per heavy atom. The molecule has 2 heterocycles. The van der Waals surface area contributed by atoms with Crippen LogP contribution in [0.2, 0.25) is 5.02 Å². The maximum absolute atomic E-state index is 13.5. The Morgan fingerprint density at radius 1 is 1.06 bits per heavy atom. The molecule has 3 aromatic rings. The summed E-state index contributed by atoms with van der Waals surface area (Å²) in [6, 6.07) is 17.6. The minimum absolute atomic E-state index is 0.0445. The maximum Gasteiger partial charge on any atom is 0.234 e. The molecule has 5 rings (SSSR count). The summed E-state index contributed by atoms with van der Waals surface area (Å²) in [4.78, 5) is 28.5. The number of halogens is 1. The van der Waals surface area contributed by atoms with Crippen molar-refractivity contribution < 1.29 is 9.59 Å². The third-order valence-corrected chi connectivity index (χ3v) is 8.70. The van der Waals surface area contributed by atoms with Gasteiger partial charge in [-0.05, 0) is 29.0 Å². The van der Waals surface area contributed by atoms with Crippen molar-refractivity contribution in [3.05, 3.63) is 82.0 Å². The van der Waals surface area contributed by atoms with E-state index in [0.717, 1.165) is 31.8 Å². The van der Waals surface area contributed by atoms with E-state index in [1.807, 2.05) is 54.6 Å². The summed E-state index contributed by atoms with van der Waals surface area (Å²) >= 11 is 9.20. The van der Waals surface area contributed by atoms with Crippen molar-refractivity contribution in [2.45, 2.75) is 49.1 Å². The summed E-state index contributed by atoms with van der Waals surface area (Å²) in [6.07, 6.45) is 1.37. The van der Waals surface area contributed by atoms with Crippen LogP contribution in [-0.4, -0.2) is 21.9 Å². The lowest BCUT2D eigenvalue weighted by molar-refractivity contribution is -0.121. The highest BCUT2D eigenvalue weighted by atomic mass is 35.5. The zero-order valence-electron chi connectivity index (χ0n) is 19.0. The van der Waals surface area contributed by atoms with Gasteiger partial charge in [-0.1, -0.05) is 97.1 Å². The van der Waals surface area contributed by atoms with E-state index in [-0.39, 0.29) is 29.4 Å². The summed E-state index contributed by atoms with van der Waals surface area (Å²) in [6.45, 7) is 4.16. The van der Waals surface area contributed by atoms with E-state index in [1.165, 1.54) is 11.3 Å². The molecule has 2 aliphatic rings. The fourth-order valence-corrected chi connectivity index (χ4v) is 6.88. The van der Waals surface area contributed by atoms with Crippen molar-refractivity contribution >= 4 is 51.5 Å². The van der Waals surface area contributed by atoms with Crippen LogP contribution in [-0.2, 0) is 15.3 Å². The molecule has 0 N–H and O–H groups in total. The quantitative estimate of drug-likeness (QED) is 0.284. The van der Waals surface area contributed by atoms with Gasteiger partial charge in [0, 0.05) is 40.8 Å². The van der Waals surface area contributed by atoms with Crippen LogP contribution in [0.25, 0.3) is 0 Å². The second-order valence-corrected chi connectivity index (χ2v) is 12.0. The zero-order chi connectivity index (χ0) is 23.9. The standard InChI is InChI=1S/C26H24ClN3O2S2/c1-26(2)13-20-23(21(31)14-26)18(16-8-4-3-5-9-16)12-22(32)30(20)24-28-29-25(34-24)33-15-17-10-6-7-11-19(17)27/h3-11,18H,12-15H2,1-2H3/t18-/m0/s1. The molecule has 0 saturated heterocycles. The highest BCUT2D eigenvalue weighted by molar-refractivity contribution is 8.00. The minimum Gasteiger partial charge on any atom is -0.294 e. The second kappa shape index (κ2) is 9.29. The van der Waals surface area contributed by atoms with E-state index in [9.17, 15) is 9.59 Å². The Labute approximate surface area is 212 Å². The second-order valence-electron chi connectivity index (χ2n) is 9.43. The van der Waals surface area contributed by atoms with Gasteiger partial charge in [0.05, 0.1) is 0 Å². The molecular weight excluding hydrogens is 486 g/mol. The lowest BCUT2D eigenvalue weighted by Crippen LogP contribution is -2.43. The number of ketones is 1. The molecule has 1 aromatic heterocycles. The molecule has 0 saturated carbocycles. The van der Waals surface area contributed by atoms with Crippen molar-refractivity contribution in [2.75, 3.05) is 4.90 Å². The van der Waals surface area contributed by atoms with Crippen molar-refractivity contribution in [3.63, 3.8) is 0 Å². The molecule has 8 heteroatoms. The third-order valence-electron chi connectivity index (χ3n) is 6.24. The van der Waals surface area contributed by atoms with Crippen LogP contribution in [0.4, 0.5) is 5.13 Å². The van der Waals surface area contributed by atoms with E-state index >= 15 is 0 Å². The summed E-state index contributed by atoms with van der Waals surface area (Å²) in [7, 11) is 0. The first-order chi connectivity index (χ1) is 16.3. The fraction of sp³-hybridized carbons (Fsp3) is 0.308. The van der Waals surface area contributed by atoms with Crippen molar-refractivity contribution in [2.24, 2.45) is 5.41 Å². The van der Waals surface area contributed by atoms with Crippen LogP contribution in [0.1, 0.15) is 50.2 Å². The number of thioether (sulfide) groups is 1. The number of benzene rings is 2. The summed E-state index contributed by atoms with van der Waals surface area (Å²) in [5, 5.41) is 9.93. The fourth-order valence-electron chi connectivity index (χ4n) is 4.71. The number of nitrogens with zero attached hydrogens (tertiary/aromatic N) is 3. The average molecular weight is 510 g/mol. The lowest BCUT2D eigenvalue weighted by atomic mass is 9.69. The third kappa shape index (κ3) is 4.57. The first-order valence-electron chi connectivity index (χ1n) is 11.2. The topological polar surface area (TPSA) is 63.2 Å². The van der Waals surface area contributed by atoms with Crippen LogP contribution in [0.3, 0.4) is 0 Å². The number of aromatic nitrogens is 2. The number of Topliss-reactive ketones (excluding diaryl/α,β-unsaturated/α-hetero) is 1. The predicted molar refractivity (Wildman–Crippen MR) is 137 cm³/mol. The van der Waals surface area contributed by atoms with E-state index in [1.54, 1.807) is 16.7 Å². The number of carbonyl (C=O) groups is 2. The van der Waals surface area contributed by atoms with Gasteiger partial charge in [-0.2, -0.15) is 0 Å². The molecule has 1 aliphatic carbocycles. The molecule has 0 fully saturated rings. The van der Waals surface area contributed by atoms with E-state index in [4.69, 9.17) is 11.6 Å². The molecule has 174 valence electrons. The predicted octanol–water partition coefficient (Wildman–Crippen LogP) is 6.65. The molecule has 0 unspecified atom stereocenters. The lowest BCUT2D eigenvalue weighted by Gasteiger charge is -2.41. The molecule has 1 amide bonds. The Kier molecular flexibility index (Phi) is 6.35. The van der Waals surface area contributed by atoms with E-state index in [2.05, 4.69) is 24.0 Å². The Morgan fingerprint density at radius 2 is 1.79 bits per heavy atom. The molecule has 0 bridgehead atoms. The highest BCUT2D eigenvalue weighted by Crippen LogP contribution is 2.48.